The Hall–Kier alpha value is -1.47. The largest absolute Gasteiger partial charge is 0.493 e. The van der Waals surface area contributed by atoms with E-state index in [-0.39, 0.29) is 30.3 Å². The van der Waals surface area contributed by atoms with Gasteiger partial charge in [0.15, 0.2) is 11.5 Å². The summed E-state index contributed by atoms with van der Waals surface area (Å²) in [6.07, 6.45) is -5.42. The van der Waals surface area contributed by atoms with Crippen LogP contribution in [0.1, 0.15) is 31.4 Å². The standard InChI is InChI=1S/C13H16F3NO3.ClH/c1-8(18)20-11-4-3-9(7-12(11)19-2)10(17)5-6-13(14,15)16;/h3-4,7,10H,5-6,17H2,1-2H3;1H/t10-;/m0./s1. The Balaban J connectivity index is 0.00000400. The minimum absolute atomic E-state index is 0. The topological polar surface area (TPSA) is 61.6 Å². The zero-order valence-electron chi connectivity index (χ0n) is 11.6. The highest BCUT2D eigenvalue weighted by molar-refractivity contribution is 5.85. The lowest BCUT2D eigenvalue weighted by Crippen LogP contribution is -2.16. The van der Waals surface area contributed by atoms with Crippen molar-refractivity contribution in [3.63, 3.8) is 0 Å². The van der Waals surface area contributed by atoms with Gasteiger partial charge in [-0.05, 0) is 24.1 Å². The van der Waals surface area contributed by atoms with Gasteiger partial charge < -0.3 is 15.2 Å². The molecule has 0 saturated heterocycles. The SMILES string of the molecule is COc1cc([C@@H](N)CCC(F)(F)F)ccc1OC(C)=O.Cl. The average molecular weight is 328 g/mol. The van der Waals surface area contributed by atoms with Crippen LogP contribution in [0.25, 0.3) is 0 Å². The number of alkyl halides is 3. The Labute approximate surface area is 126 Å². The zero-order chi connectivity index (χ0) is 15.3. The number of hydrogen-bond donors (Lipinski definition) is 1. The van der Waals surface area contributed by atoms with Gasteiger partial charge in [0.25, 0.3) is 0 Å². The molecule has 4 nitrogen and oxygen atoms in total. The van der Waals surface area contributed by atoms with Gasteiger partial charge in [-0.15, -0.1) is 12.4 Å². The molecule has 0 unspecified atom stereocenters. The van der Waals surface area contributed by atoms with E-state index in [1.165, 1.54) is 32.2 Å². The summed E-state index contributed by atoms with van der Waals surface area (Å²) in [6, 6.07) is 3.67. The lowest BCUT2D eigenvalue weighted by Gasteiger charge is -2.16. The first kappa shape index (κ1) is 19.5. The molecular weight excluding hydrogens is 311 g/mol. The molecule has 0 saturated carbocycles. The second-order valence-corrected chi connectivity index (χ2v) is 4.26. The fourth-order valence-corrected chi connectivity index (χ4v) is 1.64. The molecule has 0 aliphatic carbocycles. The van der Waals surface area contributed by atoms with Crippen molar-refractivity contribution in [2.45, 2.75) is 32.0 Å². The van der Waals surface area contributed by atoms with Gasteiger partial charge in [-0.25, -0.2) is 0 Å². The number of halogens is 4. The molecular formula is C13H17ClF3NO3. The molecule has 1 aromatic rings. The van der Waals surface area contributed by atoms with Crippen LogP contribution in [-0.2, 0) is 4.79 Å². The lowest BCUT2D eigenvalue weighted by atomic mass is 10.0. The van der Waals surface area contributed by atoms with Crippen molar-refractivity contribution in [1.82, 2.24) is 0 Å². The Morgan fingerprint density at radius 3 is 2.43 bits per heavy atom. The summed E-state index contributed by atoms with van der Waals surface area (Å²) in [5, 5.41) is 0. The van der Waals surface area contributed by atoms with Crippen LogP contribution >= 0.6 is 12.4 Å². The van der Waals surface area contributed by atoms with Crippen LogP contribution in [0.4, 0.5) is 13.2 Å². The predicted molar refractivity (Wildman–Crippen MR) is 73.8 cm³/mol. The first-order valence-electron chi connectivity index (χ1n) is 5.91. The fourth-order valence-electron chi connectivity index (χ4n) is 1.64. The summed E-state index contributed by atoms with van der Waals surface area (Å²) in [5.74, 6) is -0.0654. The molecule has 0 aromatic heterocycles. The molecule has 0 heterocycles. The van der Waals surface area contributed by atoms with Crippen molar-refractivity contribution in [1.29, 1.82) is 0 Å². The Kier molecular flexibility index (Phi) is 7.52. The summed E-state index contributed by atoms with van der Waals surface area (Å²) in [5.41, 5.74) is 6.20. The van der Waals surface area contributed by atoms with Gasteiger partial charge in [0.2, 0.25) is 0 Å². The number of hydrogen-bond acceptors (Lipinski definition) is 4. The normalized spacial score (nSPS) is 12.3. The van der Waals surface area contributed by atoms with Crippen LogP contribution in [0.15, 0.2) is 18.2 Å². The molecule has 0 aliphatic rings. The lowest BCUT2D eigenvalue weighted by molar-refractivity contribution is -0.136. The molecule has 0 radical (unpaired) electrons. The molecule has 8 heteroatoms. The number of rotatable bonds is 5. The molecule has 0 bridgehead atoms. The highest BCUT2D eigenvalue weighted by Crippen LogP contribution is 2.32. The van der Waals surface area contributed by atoms with E-state index in [1.54, 1.807) is 0 Å². The van der Waals surface area contributed by atoms with Gasteiger partial charge in [-0.2, -0.15) is 13.2 Å². The number of carbonyl (C=O) groups excluding carboxylic acids is 1. The summed E-state index contributed by atoms with van der Waals surface area (Å²) >= 11 is 0. The molecule has 21 heavy (non-hydrogen) atoms. The van der Waals surface area contributed by atoms with Gasteiger partial charge in [-0.3, -0.25) is 4.79 Å². The smallest absolute Gasteiger partial charge is 0.389 e. The molecule has 1 rings (SSSR count). The van der Waals surface area contributed by atoms with Crippen LogP contribution < -0.4 is 15.2 Å². The van der Waals surface area contributed by atoms with Crippen LogP contribution in [0.2, 0.25) is 0 Å². The number of benzene rings is 1. The maximum atomic E-state index is 12.1. The van der Waals surface area contributed by atoms with Crippen molar-refractivity contribution < 1.29 is 27.4 Å². The van der Waals surface area contributed by atoms with Gasteiger partial charge in [-0.1, -0.05) is 6.07 Å². The van der Waals surface area contributed by atoms with Gasteiger partial charge in [0.1, 0.15) is 0 Å². The van der Waals surface area contributed by atoms with Crippen LogP contribution in [-0.4, -0.2) is 19.3 Å². The van der Waals surface area contributed by atoms with E-state index in [9.17, 15) is 18.0 Å². The number of methoxy groups -OCH3 is 1. The molecule has 1 aromatic carbocycles. The monoisotopic (exact) mass is 327 g/mol. The van der Waals surface area contributed by atoms with Gasteiger partial charge >= 0.3 is 12.1 Å². The Morgan fingerprint density at radius 1 is 1.33 bits per heavy atom. The predicted octanol–water partition coefficient (Wildman–Crippen LogP) is 3.38. The van der Waals surface area contributed by atoms with E-state index in [4.69, 9.17) is 15.2 Å². The van der Waals surface area contributed by atoms with Crippen molar-refractivity contribution in [3.05, 3.63) is 23.8 Å². The third-order valence-corrected chi connectivity index (χ3v) is 2.61. The van der Waals surface area contributed by atoms with Crippen molar-refractivity contribution in [2.75, 3.05) is 7.11 Å². The van der Waals surface area contributed by atoms with Crippen LogP contribution in [0, 0.1) is 0 Å². The van der Waals surface area contributed by atoms with Gasteiger partial charge in [0.05, 0.1) is 7.11 Å². The molecule has 0 aliphatic heterocycles. The third-order valence-electron chi connectivity index (χ3n) is 2.61. The second kappa shape index (κ2) is 8.09. The molecule has 0 amide bonds. The first-order chi connectivity index (χ1) is 9.23. The molecule has 120 valence electrons. The number of carbonyl (C=O) groups is 1. The van der Waals surface area contributed by atoms with Crippen LogP contribution in [0.3, 0.4) is 0 Å². The van der Waals surface area contributed by atoms with E-state index >= 15 is 0 Å². The number of esters is 1. The second-order valence-electron chi connectivity index (χ2n) is 4.26. The van der Waals surface area contributed by atoms with Crippen molar-refractivity contribution >= 4 is 18.4 Å². The minimum atomic E-state index is -4.24. The average Bonchev–Trinajstić information content (AvgIpc) is 2.34. The van der Waals surface area contributed by atoms with E-state index in [0.29, 0.717) is 5.56 Å². The summed E-state index contributed by atoms with van der Waals surface area (Å²) in [7, 11) is 1.37. The highest BCUT2D eigenvalue weighted by atomic mass is 35.5. The summed E-state index contributed by atoms with van der Waals surface area (Å²) in [6.45, 7) is 1.24. The maximum absolute atomic E-state index is 12.1. The quantitative estimate of drug-likeness (QED) is 0.665. The molecule has 1 atom stereocenters. The fraction of sp³-hybridized carbons (Fsp3) is 0.462. The Morgan fingerprint density at radius 2 is 1.95 bits per heavy atom. The van der Waals surface area contributed by atoms with E-state index < -0.39 is 24.6 Å². The van der Waals surface area contributed by atoms with Crippen molar-refractivity contribution in [2.24, 2.45) is 5.73 Å². The van der Waals surface area contributed by atoms with E-state index in [1.807, 2.05) is 0 Å². The minimum Gasteiger partial charge on any atom is -0.493 e. The van der Waals surface area contributed by atoms with E-state index in [2.05, 4.69) is 0 Å². The molecule has 0 fully saturated rings. The molecule has 0 spiro atoms. The van der Waals surface area contributed by atoms with Crippen LogP contribution in [0.5, 0.6) is 11.5 Å². The number of nitrogens with two attached hydrogens (primary N) is 1. The highest BCUT2D eigenvalue weighted by Gasteiger charge is 2.28. The molecule has 2 N–H and O–H groups in total. The van der Waals surface area contributed by atoms with Gasteiger partial charge in [0, 0.05) is 19.4 Å². The third kappa shape index (κ3) is 6.68. The zero-order valence-corrected chi connectivity index (χ0v) is 12.4. The summed E-state index contributed by atoms with van der Waals surface area (Å²) < 4.78 is 46.4. The van der Waals surface area contributed by atoms with Crippen molar-refractivity contribution in [3.8, 4) is 11.5 Å². The first-order valence-corrected chi connectivity index (χ1v) is 5.91. The van der Waals surface area contributed by atoms with E-state index in [0.717, 1.165) is 0 Å². The Bertz CT molecular complexity index is 480. The maximum Gasteiger partial charge on any atom is 0.389 e. The number of ether oxygens (including phenoxy) is 2. The summed E-state index contributed by atoms with van der Waals surface area (Å²) in [4.78, 5) is 10.9.